The van der Waals surface area contributed by atoms with Gasteiger partial charge in [0.25, 0.3) is 0 Å². The van der Waals surface area contributed by atoms with E-state index in [9.17, 15) is 4.79 Å². The van der Waals surface area contributed by atoms with Gasteiger partial charge in [0.1, 0.15) is 5.75 Å². The van der Waals surface area contributed by atoms with Crippen LogP contribution in [0.5, 0.6) is 11.6 Å². The molecule has 0 saturated carbocycles. The second-order valence-electron chi connectivity index (χ2n) is 5.95. The lowest BCUT2D eigenvalue weighted by Crippen LogP contribution is -2.04. The minimum Gasteiger partial charge on any atom is -0.462 e. The van der Waals surface area contributed by atoms with Crippen molar-refractivity contribution in [2.75, 3.05) is 6.61 Å². The molecule has 0 aliphatic carbocycles. The summed E-state index contributed by atoms with van der Waals surface area (Å²) in [7, 11) is 0. The largest absolute Gasteiger partial charge is 0.462 e. The van der Waals surface area contributed by atoms with Gasteiger partial charge < -0.3 is 9.47 Å². The van der Waals surface area contributed by atoms with E-state index in [2.05, 4.69) is 15.0 Å². The molecule has 2 aromatic carbocycles. The Morgan fingerprint density at radius 3 is 2.43 bits per heavy atom. The van der Waals surface area contributed by atoms with Gasteiger partial charge in [-0.15, -0.1) is 0 Å². The van der Waals surface area contributed by atoms with Crippen molar-refractivity contribution in [1.29, 1.82) is 0 Å². The summed E-state index contributed by atoms with van der Waals surface area (Å²) in [6.07, 6.45) is 3.39. The monoisotopic (exact) mass is 371 g/mol. The van der Waals surface area contributed by atoms with Crippen molar-refractivity contribution in [1.82, 2.24) is 15.0 Å². The Labute approximate surface area is 161 Å². The standard InChI is InChI=1S/C22H17N3O3/c1-2-27-22(26)16-7-9-17(10-8-16)28-21-18-5-3-4-6-19(18)24-20(25-21)15-11-13-23-14-12-15/h3-14H,2H2,1H3. The highest BCUT2D eigenvalue weighted by Gasteiger charge is 2.12. The summed E-state index contributed by atoms with van der Waals surface area (Å²) in [5.74, 6) is 1.21. The maximum atomic E-state index is 11.8. The number of pyridine rings is 1. The summed E-state index contributed by atoms with van der Waals surface area (Å²) in [6.45, 7) is 2.11. The van der Waals surface area contributed by atoms with E-state index >= 15 is 0 Å². The topological polar surface area (TPSA) is 74.2 Å². The number of ether oxygens (including phenoxy) is 2. The number of nitrogens with zero attached hydrogens (tertiary/aromatic N) is 3. The Morgan fingerprint density at radius 2 is 1.68 bits per heavy atom. The fourth-order valence-electron chi connectivity index (χ4n) is 2.74. The normalized spacial score (nSPS) is 10.6. The summed E-state index contributed by atoms with van der Waals surface area (Å²) in [5.41, 5.74) is 2.10. The highest BCUT2D eigenvalue weighted by Crippen LogP contribution is 2.30. The third-order valence-electron chi connectivity index (χ3n) is 4.09. The molecule has 0 fully saturated rings. The van der Waals surface area contributed by atoms with Gasteiger partial charge in [-0.05, 0) is 55.5 Å². The van der Waals surface area contributed by atoms with Crippen LogP contribution < -0.4 is 4.74 Å². The average Bonchev–Trinajstić information content (AvgIpc) is 2.75. The van der Waals surface area contributed by atoms with Gasteiger partial charge in [0.15, 0.2) is 5.82 Å². The molecule has 4 rings (SSSR count). The number of hydrogen-bond acceptors (Lipinski definition) is 6. The molecule has 0 unspecified atom stereocenters. The summed E-state index contributed by atoms with van der Waals surface area (Å²) < 4.78 is 11.0. The van der Waals surface area contributed by atoms with E-state index in [4.69, 9.17) is 9.47 Å². The summed E-state index contributed by atoms with van der Waals surface area (Å²) in [6, 6.07) is 18.1. The first-order chi connectivity index (χ1) is 13.7. The van der Waals surface area contributed by atoms with E-state index in [-0.39, 0.29) is 5.97 Å². The smallest absolute Gasteiger partial charge is 0.338 e. The molecule has 28 heavy (non-hydrogen) atoms. The van der Waals surface area contributed by atoms with Crippen molar-refractivity contribution in [3.8, 4) is 23.0 Å². The quantitative estimate of drug-likeness (QED) is 0.475. The lowest BCUT2D eigenvalue weighted by molar-refractivity contribution is 0.0526. The highest BCUT2D eigenvalue weighted by molar-refractivity contribution is 5.89. The molecule has 0 saturated heterocycles. The summed E-state index contributed by atoms with van der Waals surface area (Å²) in [5, 5.41) is 0.801. The number of fused-ring (bicyclic) bond motifs is 1. The molecular weight excluding hydrogens is 354 g/mol. The highest BCUT2D eigenvalue weighted by atomic mass is 16.5. The van der Waals surface area contributed by atoms with Crippen molar-refractivity contribution in [3.05, 3.63) is 78.6 Å². The van der Waals surface area contributed by atoms with Crippen LogP contribution in [0.4, 0.5) is 0 Å². The molecule has 2 aromatic heterocycles. The van der Waals surface area contributed by atoms with Crippen LogP contribution in [0.2, 0.25) is 0 Å². The maximum absolute atomic E-state index is 11.8. The molecule has 6 nitrogen and oxygen atoms in total. The average molecular weight is 371 g/mol. The van der Waals surface area contributed by atoms with Crippen molar-refractivity contribution in [2.45, 2.75) is 6.92 Å². The predicted molar refractivity (Wildman–Crippen MR) is 105 cm³/mol. The van der Waals surface area contributed by atoms with Crippen molar-refractivity contribution in [2.24, 2.45) is 0 Å². The first kappa shape index (κ1) is 17.6. The number of esters is 1. The second kappa shape index (κ2) is 7.84. The Balaban J connectivity index is 1.71. The molecule has 0 spiro atoms. The first-order valence-electron chi connectivity index (χ1n) is 8.87. The molecule has 2 heterocycles. The van der Waals surface area contributed by atoms with E-state index in [0.29, 0.717) is 29.6 Å². The van der Waals surface area contributed by atoms with E-state index < -0.39 is 0 Å². The van der Waals surface area contributed by atoms with Gasteiger partial charge in [-0.25, -0.2) is 9.78 Å². The molecule has 0 radical (unpaired) electrons. The van der Waals surface area contributed by atoms with Crippen LogP contribution in [0.15, 0.2) is 73.1 Å². The molecule has 6 heteroatoms. The van der Waals surface area contributed by atoms with Crippen LogP contribution in [0.1, 0.15) is 17.3 Å². The number of carbonyl (C=O) groups excluding carboxylic acids is 1. The minimum atomic E-state index is -0.360. The third-order valence-corrected chi connectivity index (χ3v) is 4.09. The molecule has 0 aliphatic rings. The zero-order valence-corrected chi connectivity index (χ0v) is 15.2. The fraction of sp³-hybridized carbons (Fsp3) is 0.0909. The first-order valence-corrected chi connectivity index (χ1v) is 8.87. The van der Waals surface area contributed by atoms with E-state index in [1.807, 2.05) is 36.4 Å². The van der Waals surface area contributed by atoms with Gasteiger partial charge >= 0.3 is 5.97 Å². The summed E-state index contributed by atoms with van der Waals surface area (Å²) in [4.78, 5) is 25.1. The lowest BCUT2D eigenvalue weighted by atomic mass is 10.2. The van der Waals surface area contributed by atoms with Crippen LogP contribution in [-0.4, -0.2) is 27.5 Å². The number of rotatable bonds is 5. The Morgan fingerprint density at radius 1 is 0.929 bits per heavy atom. The van der Waals surface area contributed by atoms with Crippen LogP contribution in [-0.2, 0) is 4.74 Å². The number of para-hydroxylation sites is 1. The fourth-order valence-corrected chi connectivity index (χ4v) is 2.74. The van der Waals surface area contributed by atoms with Crippen molar-refractivity contribution >= 4 is 16.9 Å². The van der Waals surface area contributed by atoms with Crippen LogP contribution >= 0.6 is 0 Å². The SMILES string of the molecule is CCOC(=O)c1ccc(Oc2nc(-c3ccncc3)nc3ccccc23)cc1. The molecular formula is C22H17N3O3. The number of aromatic nitrogens is 3. The minimum absolute atomic E-state index is 0.335. The zero-order valence-electron chi connectivity index (χ0n) is 15.2. The second-order valence-corrected chi connectivity index (χ2v) is 5.95. The molecule has 138 valence electrons. The van der Waals surface area contributed by atoms with E-state index in [1.165, 1.54) is 0 Å². The van der Waals surface area contributed by atoms with Crippen LogP contribution in [0.25, 0.3) is 22.3 Å². The van der Waals surface area contributed by atoms with Crippen molar-refractivity contribution < 1.29 is 14.3 Å². The molecule has 0 atom stereocenters. The van der Waals surface area contributed by atoms with E-state index in [0.717, 1.165) is 16.5 Å². The van der Waals surface area contributed by atoms with Gasteiger partial charge in [0.2, 0.25) is 5.88 Å². The molecule has 4 aromatic rings. The number of carbonyl (C=O) groups is 1. The van der Waals surface area contributed by atoms with Crippen LogP contribution in [0, 0.1) is 0 Å². The molecule has 0 aliphatic heterocycles. The molecule has 0 bridgehead atoms. The maximum Gasteiger partial charge on any atom is 0.338 e. The summed E-state index contributed by atoms with van der Waals surface area (Å²) >= 11 is 0. The van der Waals surface area contributed by atoms with E-state index in [1.54, 1.807) is 43.6 Å². The third kappa shape index (κ3) is 3.66. The number of benzene rings is 2. The Kier molecular flexibility index (Phi) is 4.93. The van der Waals surface area contributed by atoms with Gasteiger partial charge in [-0.3, -0.25) is 4.98 Å². The lowest BCUT2D eigenvalue weighted by Gasteiger charge is -2.10. The van der Waals surface area contributed by atoms with Gasteiger partial charge in [-0.1, -0.05) is 12.1 Å². The molecule has 0 N–H and O–H groups in total. The van der Waals surface area contributed by atoms with Crippen molar-refractivity contribution in [3.63, 3.8) is 0 Å². The molecule has 0 amide bonds. The number of hydrogen-bond donors (Lipinski definition) is 0. The van der Waals surface area contributed by atoms with Gasteiger partial charge in [-0.2, -0.15) is 4.98 Å². The zero-order chi connectivity index (χ0) is 19.3. The Bertz CT molecular complexity index is 1110. The predicted octanol–water partition coefficient (Wildman–Crippen LogP) is 4.66. The Hall–Kier alpha value is -3.80. The van der Waals surface area contributed by atoms with Crippen LogP contribution in [0.3, 0.4) is 0 Å². The van der Waals surface area contributed by atoms with Gasteiger partial charge in [0.05, 0.1) is 23.1 Å². The van der Waals surface area contributed by atoms with Gasteiger partial charge in [0, 0.05) is 18.0 Å².